The second-order valence-corrected chi connectivity index (χ2v) is 8.49. The quantitative estimate of drug-likeness (QED) is 0.305. The summed E-state index contributed by atoms with van der Waals surface area (Å²) in [7, 11) is 0. The summed E-state index contributed by atoms with van der Waals surface area (Å²) < 4.78 is 5.84. The summed E-state index contributed by atoms with van der Waals surface area (Å²) in [5, 5.41) is 0. The molecule has 2 atom stereocenters. The number of rotatable bonds is 15. The fraction of sp³-hybridized carbons (Fsp3) is 0.760. The van der Waals surface area contributed by atoms with Crippen LogP contribution < -0.4 is 4.74 Å². The van der Waals surface area contributed by atoms with Gasteiger partial charge in [0.25, 0.3) is 0 Å². The van der Waals surface area contributed by atoms with E-state index in [1.807, 2.05) is 0 Å². The van der Waals surface area contributed by atoms with Crippen molar-refractivity contribution < 1.29 is 4.74 Å². The van der Waals surface area contributed by atoms with Crippen molar-refractivity contribution in [2.45, 2.75) is 105 Å². The van der Waals surface area contributed by atoms with Crippen LogP contribution in [0.4, 0.5) is 0 Å². The SMILES string of the molecule is CCCCC(CCC)CCCC(CCC)c1ccc(OCC(C)C)cc1. The van der Waals surface area contributed by atoms with Crippen molar-refractivity contribution in [2.75, 3.05) is 6.61 Å². The van der Waals surface area contributed by atoms with Gasteiger partial charge in [0.1, 0.15) is 5.75 Å². The van der Waals surface area contributed by atoms with E-state index in [-0.39, 0.29) is 0 Å². The smallest absolute Gasteiger partial charge is 0.119 e. The molecule has 0 aliphatic heterocycles. The maximum Gasteiger partial charge on any atom is 0.119 e. The Kier molecular flexibility index (Phi) is 12.5. The number of ether oxygens (including phenoxy) is 1. The molecule has 1 heteroatoms. The van der Waals surface area contributed by atoms with E-state index in [9.17, 15) is 0 Å². The first-order valence-electron chi connectivity index (χ1n) is 11.3. The Bertz CT molecular complexity index is 434. The standard InChI is InChI=1S/C25H44O/c1-6-9-13-22(11-7-2)14-10-15-23(12-8-3)24-16-18-25(19-17-24)26-20-21(4)5/h16-19,21-23H,6-15,20H2,1-5H3. The largest absolute Gasteiger partial charge is 0.493 e. The molecule has 0 aromatic heterocycles. The molecule has 0 saturated carbocycles. The van der Waals surface area contributed by atoms with Gasteiger partial charge in [0, 0.05) is 0 Å². The second kappa shape index (κ2) is 14.1. The average molecular weight is 361 g/mol. The number of benzene rings is 1. The molecule has 1 aromatic rings. The first-order chi connectivity index (χ1) is 12.6. The predicted molar refractivity (Wildman–Crippen MR) is 116 cm³/mol. The van der Waals surface area contributed by atoms with Gasteiger partial charge >= 0.3 is 0 Å². The molecule has 0 radical (unpaired) electrons. The fourth-order valence-electron chi connectivity index (χ4n) is 3.91. The molecule has 26 heavy (non-hydrogen) atoms. The molecule has 0 heterocycles. The lowest BCUT2D eigenvalue weighted by Crippen LogP contribution is -2.05. The summed E-state index contributed by atoms with van der Waals surface area (Å²) in [6.45, 7) is 12.1. The lowest BCUT2D eigenvalue weighted by molar-refractivity contribution is 0.271. The van der Waals surface area contributed by atoms with Crippen molar-refractivity contribution in [1.29, 1.82) is 0 Å². The van der Waals surface area contributed by atoms with Gasteiger partial charge in [-0.3, -0.25) is 0 Å². The number of hydrogen-bond acceptors (Lipinski definition) is 1. The van der Waals surface area contributed by atoms with E-state index in [0.29, 0.717) is 11.8 Å². The highest BCUT2D eigenvalue weighted by Gasteiger charge is 2.13. The summed E-state index contributed by atoms with van der Waals surface area (Å²) in [6.07, 6.45) is 13.6. The first-order valence-corrected chi connectivity index (χ1v) is 11.3. The van der Waals surface area contributed by atoms with Crippen molar-refractivity contribution in [2.24, 2.45) is 11.8 Å². The molecule has 150 valence electrons. The third-order valence-corrected chi connectivity index (χ3v) is 5.40. The van der Waals surface area contributed by atoms with E-state index in [4.69, 9.17) is 4.74 Å². The molecule has 1 aromatic carbocycles. The van der Waals surface area contributed by atoms with Crippen LogP contribution in [0.2, 0.25) is 0 Å². The predicted octanol–water partition coefficient (Wildman–Crippen LogP) is 8.38. The summed E-state index contributed by atoms with van der Waals surface area (Å²) in [5.74, 6) is 3.26. The van der Waals surface area contributed by atoms with Gasteiger partial charge in [-0.1, -0.05) is 98.1 Å². The topological polar surface area (TPSA) is 9.23 Å². The summed E-state index contributed by atoms with van der Waals surface area (Å²) in [5.41, 5.74) is 1.50. The van der Waals surface area contributed by atoms with Crippen LogP contribution in [-0.2, 0) is 0 Å². The Labute approximate surface area is 163 Å². The van der Waals surface area contributed by atoms with Crippen molar-refractivity contribution in [3.63, 3.8) is 0 Å². The van der Waals surface area contributed by atoms with Gasteiger partial charge in [0.05, 0.1) is 6.61 Å². The zero-order valence-electron chi connectivity index (χ0n) is 18.2. The Morgan fingerprint density at radius 2 is 1.38 bits per heavy atom. The van der Waals surface area contributed by atoms with Crippen LogP contribution in [0.5, 0.6) is 5.75 Å². The maximum atomic E-state index is 5.84. The molecule has 2 unspecified atom stereocenters. The molecule has 1 rings (SSSR count). The molecule has 0 spiro atoms. The van der Waals surface area contributed by atoms with Crippen LogP contribution in [-0.4, -0.2) is 6.61 Å². The lowest BCUT2D eigenvalue weighted by atomic mass is 9.86. The van der Waals surface area contributed by atoms with Gasteiger partial charge in [0.15, 0.2) is 0 Å². The maximum absolute atomic E-state index is 5.84. The molecule has 0 fully saturated rings. The van der Waals surface area contributed by atoms with Crippen LogP contribution in [0, 0.1) is 11.8 Å². The van der Waals surface area contributed by atoms with Gasteiger partial charge in [-0.25, -0.2) is 0 Å². The summed E-state index contributed by atoms with van der Waals surface area (Å²) in [6, 6.07) is 8.94. The lowest BCUT2D eigenvalue weighted by Gasteiger charge is -2.20. The van der Waals surface area contributed by atoms with Gasteiger partial charge in [0.2, 0.25) is 0 Å². The molecular formula is C25H44O. The van der Waals surface area contributed by atoms with Crippen LogP contribution in [0.1, 0.15) is 110 Å². The van der Waals surface area contributed by atoms with Crippen LogP contribution in [0.25, 0.3) is 0 Å². The molecule has 1 nitrogen and oxygen atoms in total. The molecule has 0 aliphatic rings. The molecular weight excluding hydrogens is 316 g/mol. The van der Waals surface area contributed by atoms with E-state index in [2.05, 4.69) is 58.9 Å². The van der Waals surface area contributed by atoms with Crippen LogP contribution in [0.3, 0.4) is 0 Å². The minimum atomic E-state index is 0.575. The van der Waals surface area contributed by atoms with Crippen molar-refractivity contribution in [1.82, 2.24) is 0 Å². The zero-order valence-corrected chi connectivity index (χ0v) is 18.2. The number of unbranched alkanes of at least 4 members (excludes halogenated alkanes) is 1. The van der Waals surface area contributed by atoms with Gasteiger partial charge in [-0.2, -0.15) is 0 Å². The van der Waals surface area contributed by atoms with Gasteiger partial charge in [-0.05, 0) is 48.3 Å². The van der Waals surface area contributed by atoms with Crippen molar-refractivity contribution in [3.8, 4) is 5.75 Å². The van der Waals surface area contributed by atoms with Crippen molar-refractivity contribution in [3.05, 3.63) is 29.8 Å². The Morgan fingerprint density at radius 1 is 0.731 bits per heavy atom. The minimum absolute atomic E-state index is 0.575. The van der Waals surface area contributed by atoms with E-state index in [1.54, 1.807) is 0 Å². The Balaban J connectivity index is 2.53. The molecule has 0 amide bonds. The summed E-state index contributed by atoms with van der Waals surface area (Å²) >= 11 is 0. The third kappa shape index (κ3) is 9.64. The monoisotopic (exact) mass is 360 g/mol. The van der Waals surface area contributed by atoms with Crippen LogP contribution >= 0.6 is 0 Å². The molecule has 0 N–H and O–H groups in total. The highest BCUT2D eigenvalue weighted by atomic mass is 16.5. The highest BCUT2D eigenvalue weighted by molar-refractivity contribution is 5.29. The van der Waals surface area contributed by atoms with Crippen molar-refractivity contribution >= 4 is 0 Å². The normalized spacial score (nSPS) is 13.8. The molecule has 0 aliphatic carbocycles. The van der Waals surface area contributed by atoms with E-state index in [1.165, 1.54) is 69.8 Å². The van der Waals surface area contributed by atoms with E-state index >= 15 is 0 Å². The number of hydrogen-bond donors (Lipinski definition) is 0. The van der Waals surface area contributed by atoms with E-state index < -0.39 is 0 Å². The average Bonchev–Trinajstić information content (AvgIpc) is 2.64. The van der Waals surface area contributed by atoms with Gasteiger partial charge < -0.3 is 4.74 Å². The Morgan fingerprint density at radius 3 is 1.96 bits per heavy atom. The minimum Gasteiger partial charge on any atom is -0.493 e. The fourth-order valence-corrected chi connectivity index (χ4v) is 3.91. The molecule has 0 saturated heterocycles. The first kappa shape index (κ1) is 23.1. The molecule has 0 bridgehead atoms. The van der Waals surface area contributed by atoms with Crippen LogP contribution in [0.15, 0.2) is 24.3 Å². The Hall–Kier alpha value is -0.980. The highest BCUT2D eigenvalue weighted by Crippen LogP contribution is 2.30. The second-order valence-electron chi connectivity index (χ2n) is 8.49. The van der Waals surface area contributed by atoms with Gasteiger partial charge in [-0.15, -0.1) is 0 Å². The summed E-state index contributed by atoms with van der Waals surface area (Å²) in [4.78, 5) is 0. The third-order valence-electron chi connectivity index (χ3n) is 5.40. The van der Waals surface area contributed by atoms with E-state index in [0.717, 1.165) is 18.3 Å². The zero-order chi connectivity index (χ0) is 19.2.